The van der Waals surface area contributed by atoms with Crippen LogP contribution in [-0.2, 0) is 13.2 Å². The summed E-state index contributed by atoms with van der Waals surface area (Å²) < 4.78 is 14.6. The van der Waals surface area contributed by atoms with Crippen molar-refractivity contribution < 1.29 is 14.1 Å². The van der Waals surface area contributed by atoms with Crippen LogP contribution in [0.5, 0.6) is 5.75 Å². The largest absolute Gasteiger partial charge is 0.486 e. The second-order valence-corrected chi connectivity index (χ2v) is 7.14. The summed E-state index contributed by atoms with van der Waals surface area (Å²) in [4.78, 5) is 22.6. The van der Waals surface area contributed by atoms with Crippen molar-refractivity contribution in [3.05, 3.63) is 90.7 Å². The number of rotatable bonds is 7. The molecule has 0 saturated carbocycles. The van der Waals surface area contributed by atoms with E-state index in [4.69, 9.17) is 9.26 Å². The van der Waals surface area contributed by atoms with Gasteiger partial charge in [0, 0.05) is 19.3 Å². The number of carbonyl (C=O) groups excluding carboxylic acids is 1. The van der Waals surface area contributed by atoms with E-state index in [9.17, 15) is 4.79 Å². The Balaban J connectivity index is 1.20. The highest BCUT2D eigenvalue weighted by Crippen LogP contribution is 2.17. The first kappa shape index (κ1) is 19.5. The zero-order valence-corrected chi connectivity index (χ0v) is 17.2. The van der Waals surface area contributed by atoms with Crippen molar-refractivity contribution in [2.45, 2.75) is 13.2 Å². The normalized spacial score (nSPS) is 11.0. The number of carbonyl (C=O) groups is 1. The van der Waals surface area contributed by atoms with Crippen molar-refractivity contribution in [1.29, 1.82) is 0 Å². The molecule has 0 aliphatic carbocycles. The molecule has 10 heteroatoms. The van der Waals surface area contributed by atoms with Crippen molar-refractivity contribution in [2.75, 3.05) is 7.05 Å². The summed E-state index contributed by atoms with van der Waals surface area (Å²) in [6.45, 7) is 0.542. The SMILES string of the molecule is CN(Cc1cnc2ccccn12)C(=O)c1cc(COc2ccc(-n3cncn3)cc2)on1. The summed E-state index contributed by atoms with van der Waals surface area (Å²) >= 11 is 0. The predicted molar refractivity (Wildman–Crippen MR) is 113 cm³/mol. The van der Waals surface area contributed by atoms with Gasteiger partial charge < -0.3 is 18.6 Å². The molecular weight excluding hydrogens is 410 g/mol. The van der Waals surface area contributed by atoms with Gasteiger partial charge in [-0.25, -0.2) is 14.6 Å². The lowest BCUT2D eigenvalue weighted by Gasteiger charge is -2.15. The van der Waals surface area contributed by atoms with E-state index in [0.29, 0.717) is 18.1 Å². The minimum Gasteiger partial charge on any atom is -0.486 e. The summed E-state index contributed by atoms with van der Waals surface area (Å²) in [5.41, 5.74) is 2.83. The van der Waals surface area contributed by atoms with Crippen LogP contribution >= 0.6 is 0 Å². The smallest absolute Gasteiger partial charge is 0.276 e. The third-order valence-electron chi connectivity index (χ3n) is 4.92. The van der Waals surface area contributed by atoms with Gasteiger partial charge in [-0.2, -0.15) is 5.10 Å². The van der Waals surface area contributed by atoms with Crippen molar-refractivity contribution in [1.82, 2.24) is 34.2 Å². The van der Waals surface area contributed by atoms with Crippen LogP contribution in [0.4, 0.5) is 0 Å². The number of imidazole rings is 1. The molecule has 160 valence electrons. The molecule has 4 heterocycles. The number of benzene rings is 1. The van der Waals surface area contributed by atoms with Crippen LogP contribution in [0.2, 0.25) is 0 Å². The van der Waals surface area contributed by atoms with E-state index in [1.54, 1.807) is 35.2 Å². The fourth-order valence-electron chi connectivity index (χ4n) is 3.29. The standard InChI is InChI=1S/C22H19N7O3/c1-27(12-17-11-24-21-4-2-3-9-28(17)21)22(30)20-10-19(32-26-20)13-31-18-7-5-16(6-8-18)29-15-23-14-25-29/h2-11,14-15H,12-13H2,1H3. The highest BCUT2D eigenvalue weighted by molar-refractivity contribution is 5.92. The van der Waals surface area contributed by atoms with Gasteiger partial charge in [-0.15, -0.1) is 0 Å². The molecule has 0 saturated heterocycles. The van der Waals surface area contributed by atoms with Crippen molar-refractivity contribution in [3.63, 3.8) is 0 Å². The van der Waals surface area contributed by atoms with Gasteiger partial charge in [-0.05, 0) is 36.4 Å². The van der Waals surface area contributed by atoms with Crippen LogP contribution in [0, 0.1) is 0 Å². The molecular formula is C22H19N7O3. The highest BCUT2D eigenvalue weighted by Gasteiger charge is 2.18. The quantitative estimate of drug-likeness (QED) is 0.392. The third kappa shape index (κ3) is 3.93. The Morgan fingerprint density at radius 2 is 2.06 bits per heavy atom. The summed E-state index contributed by atoms with van der Waals surface area (Å²) in [7, 11) is 1.71. The third-order valence-corrected chi connectivity index (χ3v) is 4.92. The lowest BCUT2D eigenvalue weighted by atomic mass is 10.3. The van der Waals surface area contributed by atoms with Gasteiger partial charge in [0.15, 0.2) is 11.5 Å². The summed E-state index contributed by atoms with van der Waals surface area (Å²) in [5, 5.41) is 7.98. The van der Waals surface area contributed by atoms with E-state index in [1.165, 1.54) is 6.33 Å². The lowest BCUT2D eigenvalue weighted by molar-refractivity contribution is 0.0772. The summed E-state index contributed by atoms with van der Waals surface area (Å²) in [5.74, 6) is 0.864. The first-order valence-corrected chi connectivity index (χ1v) is 9.87. The van der Waals surface area contributed by atoms with E-state index in [1.807, 2.05) is 53.1 Å². The minimum atomic E-state index is -0.247. The number of hydrogen-bond donors (Lipinski definition) is 0. The zero-order chi connectivity index (χ0) is 21.9. The number of hydrogen-bond acceptors (Lipinski definition) is 7. The molecule has 1 aromatic carbocycles. The summed E-state index contributed by atoms with van der Waals surface area (Å²) in [6.07, 6.45) is 6.77. The Morgan fingerprint density at radius 1 is 1.19 bits per heavy atom. The Kier molecular flexibility index (Phi) is 5.08. The molecule has 0 spiro atoms. The number of ether oxygens (including phenoxy) is 1. The van der Waals surface area contributed by atoms with E-state index < -0.39 is 0 Å². The van der Waals surface area contributed by atoms with Crippen LogP contribution in [-0.4, -0.2) is 47.2 Å². The molecule has 4 aromatic heterocycles. The molecule has 0 aliphatic rings. The maximum Gasteiger partial charge on any atom is 0.276 e. The van der Waals surface area contributed by atoms with E-state index in [0.717, 1.165) is 17.0 Å². The van der Waals surface area contributed by atoms with Crippen LogP contribution in [0.3, 0.4) is 0 Å². The Morgan fingerprint density at radius 3 is 2.88 bits per heavy atom. The molecule has 0 unspecified atom stereocenters. The molecule has 0 radical (unpaired) electrons. The lowest BCUT2D eigenvalue weighted by Crippen LogP contribution is -2.27. The highest BCUT2D eigenvalue weighted by atomic mass is 16.5. The van der Waals surface area contributed by atoms with Crippen molar-refractivity contribution in [3.8, 4) is 11.4 Å². The van der Waals surface area contributed by atoms with Gasteiger partial charge in [-0.3, -0.25) is 4.79 Å². The van der Waals surface area contributed by atoms with Gasteiger partial charge in [0.05, 0.1) is 24.1 Å². The second-order valence-electron chi connectivity index (χ2n) is 7.14. The number of nitrogens with zero attached hydrogens (tertiary/aromatic N) is 7. The molecule has 32 heavy (non-hydrogen) atoms. The van der Waals surface area contributed by atoms with Crippen LogP contribution < -0.4 is 4.74 Å². The van der Waals surface area contributed by atoms with Crippen LogP contribution in [0.25, 0.3) is 11.3 Å². The number of aromatic nitrogens is 6. The predicted octanol–water partition coefficient (Wildman–Crippen LogP) is 2.75. The monoisotopic (exact) mass is 429 g/mol. The van der Waals surface area contributed by atoms with Gasteiger partial charge in [0.25, 0.3) is 5.91 Å². The van der Waals surface area contributed by atoms with Gasteiger partial charge >= 0.3 is 0 Å². The molecule has 0 fully saturated rings. The molecule has 10 nitrogen and oxygen atoms in total. The van der Waals surface area contributed by atoms with Gasteiger partial charge in [0.1, 0.15) is 30.7 Å². The average Bonchev–Trinajstić information content (AvgIpc) is 3.59. The number of pyridine rings is 1. The number of amides is 1. The number of fused-ring (bicyclic) bond motifs is 1. The molecule has 1 amide bonds. The topological polar surface area (TPSA) is 104 Å². The van der Waals surface area contributed by atoms with E-state index >= 15 is 0 Å². The van der Waals surface area contributed by atoms with E-state index in [2.05, 4.69) is 20.2 Å². The van der Waals surface area contributed by atoms with Crippen LogP contribution in [0.1, 0.15) is 21.9 Å². The summed E-state index contributed by atoms with van der Waals surface area (Å²) in [6, 6.07) is 14.7. The molecule has 5 aromatic rings. The van der Waals surface area contributed by atoms with E-state index in [-0.39, 0.29) is 18.2 Å². The molecule has 0 aliphatic heterocycles. The molecule has 0 N–H and O–H groups in total. The minimum absolute atomic E-state index is 0.153. The molecule has 0 atom stereocenters. The fraction of sp³-hybridized carbons (Fsp3) is 0.136. The zero-order valence-electron chi connectivity index (χ0n) is 17.2. The first-order valence-electron chi connectivity index (χ1n) is 9.87. The average molecular weight is 429 g/mol. The molecule has 5 rings (SSSR count). The van der Waals surface area contributed by atoms with Crippen LogP contribution in [0.15, 0.2) is 78.1 Å². The Labute approximate surface area is 182 Å². The van der Waals surface area contributed by atoms with Crippen molar-refractivity contribution >= 4 is 11.6 Å². The maximum absolute atomic E-state index is 12.8. The fourth-order valence-corrected chi connectivity index (χ4v) is 3.29. The van der Waals surface area contributed by atoms with Crippen molar-refractivity contribution in [2.24, 2.45) is 0 Å². The van der Waals surface area contributed by atoms with Gasteiger partial charge in [0.2, 0.25) is 0 Å². The molecule has 0 bridgehead atoms. The maximum atomic E-state index is 12.8. The Hall–Kier alpha value is -4.47. The first-order chi connectivity index (χ1) is 15.7. The second kappa shape index (κ2) is 8.34. The van der Waals surface area contributed by atoms with Gasteiger partial charge in [-0.1, -0.05) is 11.2 Å². The Bertz CT molecular complexity index is 1340.